The molecule has 1 spiro atoms. The molecule has 0 atom stereocenters. The van der Waals surface area contributed by atoms with Crippen molar-refractivity contribution in [3.8, 4) is 5.75 Å². The number of morpholine rings is 1. The molecule has 0 radical (unpaired) electrons. The van der Waals surface area contributed by atoms with E-state index in [1.54, 1.807) is 12.1 Å². The molecule has 0 aliphatic carbocycles. The van der Waals surface area contributed by atoms with E-state index in [-0.39, 0.29) is 5.75 Å². The normalized spacial score (nSPS) is 22.5. The van der Waals surface area contributed by atoms with Gasteiger partial charge >= 0.3 is 6.18 Å². The first kappa shape index (κ1) is 16.4. The number of ether oxygens (including phenoxy) is 1. The molecule has 2 aliphatic heterocycles. The summed E-state index contributed by atoms with van der Waals surface area (Å²) < 4.78 is 43.7. The minimum atomic E-state index is -4.16. The molecule has 2 heterocycles. The summed E-state index contributed by atoms with van der Waals surface area (Å²) in [4.78, 5) is 3.64. The number of aromatic hydroxyl groups is 1. The predicted octanol–water partition coefficient (Wildman–Crippen LogP) is 2.63. The maximum absolute atomic E-state index is 12.6. The van der Waals surface area contributed by atoms with Crippen LogP contribution in [0.4, 0.5) is 18.9 Å². The Morgan fingerprint density at radius 3 is 2.35 bits per heavy atom. The number of piperidine rings is 1. The van der Waals surface area contributed by atoms with Crippen LogP contribution >= 0.6 is 0 Å². The van der Waals surface area contributed by atoms with Crippen molar-refractivity contribution in [2.45, 2.75) is 24.6 Å². The van der Waals surface area contributed by atoms with Gasteiger partial charge in [0, 0.05) is 31.9 Å². The van der Waals surface area contributed by atoms with Crippen LogP contribution in [-0.4, -0.2) is 61.1 Å². The molecule has 0 unspecified atom stereocenters. The highest BCUT2D eigenvalue weighted by Crippen LogP contribution is 2.33. The number of anilines is 1. The van der Waals surface area contributed by atoms with Gasteiger partial charge < -0.3 is 14.7 Å². The quantitative estimate of drug-likeness (QED) is 0.904. The predicted molar refractivity (Wildman–Crippen MR) is 80.7 cm³/mol. The maximum atomic E-state index is 12.6. The standard InChI is InChI=1S/C16H21F3N2O2/c17-16(18,19)12-20-9-10-23-15(11-20)5-7-21(8-6-15)13-1-3-14(22)4-2-13/h1-4,22H,5-12H2. The van der Waals surface area contributed by atoms with Gasteiger partial charge in [-0.15, -0.1) is 0 Å². The smallest absolute Gasteiger partial charge is 0.401 e. The third-order valence-electron chi connectivity index (χ3n) is 4.62. The summed E-state index contributed by atoms with van der Waals surface area (Å²) in [6.07, 6.45) is -2.74. The first-order valence-electron chi connectivity index (χ1n) is 7.82. The Labute approximate surface area is 133 Å². The van der Waals surface area contributed by atoms with E-state index in [0.717, 1.165) is 18.8 Å². The molecule has 0 saturated carbocycles. The van der Waals surface area contributed by atoms with Crippen LogP contribution in [0.25, 0.3) is 0 Å². The van der Waals surface area contributed by atoms with E-state index in [2.05, 4.69) is 4.90 Å². The average Bonchev–Trinajstić information content (AvgIpc) is 2.47. The van der Waals surface area contributed by atoms with Crippen molar-refractivity contribution in [3.63, 3.8) is 0 Å². The Hall–Kier alpha value is -1.47. The number of phenols is 1. The summed E-state index contributed by atoms with van der Waals surface area (Å²) in [6, 6.07) is 6.99. The highest BCUT2D eigenvalue weighted by atomic mass is 19.4. The van der Waals surface area contributed by atoms with E-state index in [4.69, 9.17) is 4.74 Å². The molecule has 1 aromatic rings. The van der Waals surface area contributed by atoms with Gasteiger partial charge in [-0.25, -0.2) is 0 Å². The van der Waals surface area contributed by atoms with E-state index in [0.29, 0.717) is 32.5 Å². The number of phenolic OH excluding ortho intramolecular Hbond substituents is 1. The second-order valence-corrected chi connectivity index (χ2v) is 6.36. The molecule has 0 amide bonds. The molecule has 128 valence electrons. The van der Waals surface area contributed by atoms with Gasteiger partial charge in [-0.05, 0) is 37.1 Å². The molecule has 2 saturated heterocycles. The van der Waals surface area contributed by atoms with Gasteiger partial charge in [0.15, 0.2) is 0 Å². The van der Waals surface area contributed by atoms with E-state index in [1.165, 1.54) is 4.90 Å². The third kappa shape index (κ3) is 4.09. The van der Waals surface area contributed by atoms with Gasteiger partial charge in [0.2, 0.25) is 0 Å². The molecule has 1 aromatic carbocycles. The second kappa shape index (κ2) is 6.20. The topological polar surface area (TPSA) is 35.9 Å². The maximum Gasteiger partial charge on any atom is 0.401 e. The Balaban J connectivity index is 1.59. The molecular formula is C16H21F3N2O2. The molecule has 23 heavy (non-hydrogen) atoms. The lowest BCUT2D eigenvalue weighted by Gasteiger charge is -2.47. The summed E-state index contributed by atoms with van der Waals surface area (Å²) in [5.74, 6) is 0.223. The highest BCUT2D eigenvalue weighted by Gasteiger charge is 2.42. The van der Waals surface area contributed by atoms with Crippen LogP contribution in [0, 0.1) is 0 Å². The number of rotatable bonds is 2. The minimum Gasteiger partial charge on any atom is -0.508 e. The van der Waals surface area contributed by atoms with Gasteiger partial charge in [0.25, 0.3) is 0 Å². The molecular weight excluding hydrogens is 309 g/mol. The Kier molecular flexibility index (Phi) is 4.42. The van der Waals surface area contributed by atoms with Gasteiger partial charge in [-0.3, -0.25) is 4.90 Å². The van der Waals surface area contributed by atoms with E-state index in [1.807, 2.05) is 12.1 Å². The molecule has 0 aromatic heterocycles. The monoisotopic (exact) mass is 330 g/mol. The van der Waals surface area contributed by atoms with Gasteiger partial charge in [0.1, 0.15) is 5.75 Å². The van der Waals surface area contributed by atoms with Crippen molar-refractivity contribution >= 4 is 5.69 Å². The molecule has 2 aliphatic rings. The van der Waals surface area contributed by atoms with E-state index < -0.39 is 18.3 Å². The fourth-order valence-electron chi connectivity index (χ4n) is 3.45. The van der Waals surface area contributed by atoms with Crippen molar-refractivity contribution in [3.05, 3.63) is 24.3 Å². The summed E-state index contributed by atoms with van der Waals surface area (Å²) in [7, 11) is 0. The Morgan fingerprint density at radius 2 is 1.74 bits per heavy atom. The second-order valence-electron chi connectivity index (χ2n) is 6.36. The van der Waals surface area contributed by atoms with Gasteiger partial charge in [-0.2, -0.15) is 13.2 Å². The molecule has 1 N–H and O–H groups in total. The average molecular weight is 330 g/mol. The lowest BCUT2D eigenvalue weighted by atomic mass is 9.89. The lowest BCUT2D eigenvalue weighted by Crippen LogP contribution is -2.58. The molecule has 3 rings (SSSR count). The van der Waals surface area contributed by atoms with Crippen LogP contribution in [0.15, 0.2) is 24.3 Å². The van der Waals surface area contributed by atoms with Crippen LogP contribution in [0.3, 0.4) is 0 Å². The number of halogens is 3. The fraction of sp³-hybridized carbons (Fsp3) is 0.625. The number of nitrogens with zero attached hydrogens (tertiary/aromatic N) is 2. The van der Waals surface area contributed by atoms with Crippen LogP contribution in [0.2, 0.25) is 0 Å². The largest absolute Gasteiger partial charge is 0.508 e. The third-order valence-corrected chi connectivity index (χ3v) is 4.62. The number of alkyl halides is 3. The molecule has 2 fully saturated rings. The molecule has 0 bridgehead atoms. The van der Waals surface area contributed by atoms with Gasteiger partial charge in [-0.1, -0.05) is 0 Å². The molecule has 4 nitrogen and oxygen atoms in total. The highest BCUT2D eigenvalue weighted by molar-refractivity contribution is 5.49. The first-order valence-corrected chi connectivity index (χ1v) is 7.82. The lowest BCUT2D eigenvalue weighted by molar-refractivity contribution is -0.178. The van der Waals surface area contributed by atoms with Crippen LogP contribution in [-0.2, 0) is 4.74 Å². The zero-order valence-corrected chi connectivity index (χ0v) is 12.9. The first-order chi connectivity index (χ1) is 10.9. The minimum absolute atomic E-state index is 0.223. The van der Waals surface area contributed by atoms with Crippen LogP contribution < -0.4 is 4.90 Å². The van der Waals surface area contributed by atoms with E-state index in [9.17, 15) is 18.3 Å². The number of hydrogen-bond donors (Lipinski definition) is 1. The number of benzene rings is 1. The Morgan fingerprint density at radius 1 is 1.09 bits per heavy atom. The zero-order valence-electron chi connectivity index (χ0n) is 12.9. The summed E-state index contributed by atoms with van der Waals surface area (Å²) in [5.41, 5.74) is 0.553. The fourth-order valence-corrected chi connectivity index (χ4v) is 3.45. The summed E-state index contributed by atoms with van der Waals surface area (Å²) in [5, 5.41) is 9.34. The van der Waals surface area contributed by atoms with Crippen LogP contribution in [0.1, 0.15) is 12.8 Å². The van der Waals surface area contributed by atoms with Gasteiger partial charge in [0.05, 0.1) is 18.8 Å². The van der Waals surface area contributed by atoms with E-state index >= 15 is 0 Å². The van der Waals surface area contributed by atoms with Crippen molar-refractivity contribution in [2.24, 2.45) is 0 Å². The molecule has 7 heteroatoms. The SMILES string of the molecule is Oc1ccc(N2CCC3(CC2)CN(CC(F)(F)F)CCO3)cc1. The van der Waals surface area contributed by atoms with Crippen molar-refractivity contribution in [1.82, 2.24) is 4.90 Å². The number of hydrogen-bond acceptors (Lipinski definition) is 4. The Bertz CT molecular complexity index is 525. The summed E-state index contributed by atoms with van der Waals surface area (Å²) >= 11 is 0. The summed E-state index contributed by atoms with van der Waals surface area (Å²) in [6.45, 7) is 1.66. The zero-order chi connectivity index (χ0) is 16.5. The van der Waals surface area contributed by atoms with Crippen molar-refractivity contribution in [2.75, 3.05) is 44.2 Å². The van der Waals surface area contributed by atoms with Crippen molar-refractivity contribution in [1.29, 1.82) is 0 Å². The van der Waals surface area contributed by atoms with Crippen molar-refractivity contribution < 1.29 is 23.0 Å². The van der Waals surface area contributed by atoms with Crippen LogP contribution in [0.5, 0.6) is 5.75 Å².